The van der Waals surface area contributed by atoms with Crippen LogP contribution in [0.15, 0.2) is 25.3 Å². The third kappa shape index (κ3) is 2.71. The predicted molar refractivity (Wildman–Crippen MR) is 81.7 cm³/mol. The van der Waals surface area contributed by atoms with E-state index < -0.39 is 0 Å². The molecule has 0 aromatic heterocycles. The number of hydrogen-bond donors (Lipinski definition) is 0. The van der Waals surface area contributed by atoms with Crippen molar-refractivity contribution in [1.82, 2.24) is 0 Å². The minimum Gasteiger partial charge on any atom is -0.462 e. The van der Waals surface area contributed by atoms with E-state index >= 15 is 0 Å². The Bertz CT molecular complexity index is 483. The molecule has 3 fully saturated rings. The largest absolute Gasteiger partial charge is 0.462 e. The van der Waals surface area contributed by atoms with Gasteiger partial charge in [0, 0.05) is 12.2 Å². The van der Waals surface area contributed by atoms with E-state index in [4.69, 9.17) is 9.47 Å². The summed E-state index contributed by atoms with van der Waals surface area (Å²) in [5, 5.41) is 0. The van der Waals surface area contributed by atoms with Gasteiger partial charge in [-0.25, -0.2) is 9.59 Å². The van der Waals surface area contributed by atoms with Crippen molar-refractivity contribution < 1.29 is 19.1 Å². The molecule has 4 heteroatoms. The van der Waals surface area contributed by atoms with E-state index in [0.29, 0.717) is 42.8 Å². The molecule has 5 unspecified atom stereocenters. The molecule has 3 rings (SSSR count). The molecule has 0 aromatic rings. The standard InChI is InChI=1S/C18H24O4/c1-3-16(19)21-9-11-5-6-14-15-8-12(18(11)14)7-13(15)10-22-17(20)4-2/h3-4,11-15,18H,1-2,5-10H2/t11?,12-,13?,14?,15?,18?/m0/s1. The van der Waals surface area contributed by atoms with Crippen molar-refractivity contribution in [3.05, 3.63) is 25.3 Å². The Kier molecular flexibility index (Phi) is 4.37. The van der Waals surface area contributed by atoms with Crippen molar-refractivity contribution in [2.45, 2.75) is 25.7 Å². The minimum atomic E-state index is -0.319. The Labute approximate surface area is 131 Å². The summed E-state index contributed by atoms with van der Waals surface area (Å²) in [4.78, 5) is 22.5. The zero-order chi connectivity index (χ0) is 15.7. The predicted octanol–water partition coefficient (Wildman–Crippen LogP) is 2.74. The maximum Gasteiger partial charge on any atom is 0.330 e. The summed E-state index contributed by atoms with van der Waals surface area (Å²) in [7, 11) is 0. The number of carbonyl (C=O) groups excluding carboxylic acids is 2. The highest BCUT2D eigenvalue weighted by atomic mass is 16.5. The lowest BCUT2D eigenvalue weighted by molar-refractivity contribution is -0.140. The number of hydrogen-bond acceptors (Lipinski definition) is 4. The highest BCUT2D eigenvalue weighted by Crippen LogP contribution is 2.62. The van der Waals surface area contributed by atoms with Crippen LogP contribution < -0.4 is 0 Å². The second-order valence-corrected chi connectivity index (χ2v) is 6.90. The first-order chi connectivity index (χ1) is 10.6. The summed E-state index contributed by atoms with van der Waals surface area (Å²) < 4.78 is 10.5. The molecule has 0 aromatic carbocycles. The van der Waals surface area contributed by atoms with E-state index in [2.05, 4.69) is 13.2 Å². The molecule has 0 heterocycles. The molecule has 4 nitrogen and oxygen atoms in total. The van der Waals surface area contributed by atoms with E-state index in [0.717, 1.165) is 18.8 Å². The Hall–Kier alpha value is -1.58. The normalized spacial score (nSPS) is 38.4. The van der Waals surface area contributed by atoms with Gasteiger partial charge >= 0.3 is 11.9 Å². The van der Waals surface area contributed by atoms with Gasteiger partial charge in [-0.3, -0.25) is 0 Å². The monoisotopic (exact) mass is 304 g/mol. The van der Waals surface area contributed by atoms with Crippen molar-refractivity contribution in [1.29, 1.82) is 0 Å². The Balaban J connectivity index is 1.55. The van der Waals surface area contributed by atoms with E-state index in [-0.39, 0.29) is 11.9 Å². The molecule has 3 saturated carbocycles. The number of rotatable bonds is 6. The van der Waals surface area contributed by atoms with Gasteiger partial charge in [0.15, 0.2) is 0 Å². The summed E-state index contributed by atoms with van der Waals surface area (Å²) in [6.07, 6.45) is 7.21. The van der Waals surface area contributed by atoms with Gasteiger partial charge in [-0.05, 0) is 61.2 Å². The summed E-state index contributed by atoms with van der Waals surface area (Å²) in [6.45, 7) is 7.94. The second-order valence-electron chi connectivity index (χ2n) is 6.90. The Morgan fingerprint density at radius 2 is 1.55 bits per heavy atom. The van der Waals surface area contributed by atoms with Crippen molar-refractivity contribution in [2.75, 3.05) is 13.2 Å². The Morgan fingerprint density at radius 1 is 0.909 bits per heavy atom. The van der Waals surface area contributed by atoms with Gasteiger partial charge in [-0.15, -0.1) is 0 Å². The van der Waals surface area contributed by atoms with Gasteiger partial charge in [0.25, 0.3) is 0 Å². The second kappa shape index (κ2) is 6.27. The maximum atomic E-state index is 11.3. The van der Waals surface area contributed by atoms with Crippen LogP contribution in [0.3, 0.4) is 0 Å². The smallest absolute Gasteiger partial charge is 0.330 e. The van der Waals surface area contributed by atoms with Crippen molar-refractivity contribution in [3.63, 3.8) is 0 Å². The van der Waals surface area contributed by atoms with Crippen LogP contribution >= 0.6 is 0 Å². The van der Waals surface area contributed by atoms with Gasteiger partial charge < -0.3 is 9.47 Å². The van der Waals surface area contributed by atoms with Gasteiger partial charge in [-0.1, -0.05) is 13.2 Å². The molecule has 0 amide bonds. The first kappa shape index (κ1) is 15.3. The van der Waals surface area contributed by atoms with Crippen LogP contribution in [0.5, 0.6) is 0 Å². The van der Waals surface area contributed by atoms with Gasteiger partial charge in [0.05, 0.1) is 13.2 Å². The molecule has 0 saturated heterocycles. The van der Waals surface area contributed by atoms with Crippen molar-refractivity contribution in [2.24, 2.45) is 35.5 Å². The maximum absolute atomic E-state index is 11.3. The van der Waals surface area contributed by atoms with E-state index in [1.54, 1.807) is 0 Å². The topological polar surface area (TPSA) is 52.6 Å². The molecule has 120 valence electrons. The number of fused-ring (bicyclic) bond motifs is 5. The van der Waals surface area contributed by atoms with Crippen molar-refractivity contribution in [3.8, 4) is 0 Å². The fourth-order valence-corrected chi connectivity index (χ4v) is 5.30. The number of esters is 2. The molecular formula is C18H24O4. The number of ether oxygens (including phenoxy) is 2. The SMILES string of the molecule is C=CC(=O)OCC1C[C@H]2CC1C1CCC(COC(=O)C=C)C12. The van der Waals surface area contributed by atoms with Gasteiger partial charge in [0.1, 0.15) is 0 Å². The lowest BCUT2D eigenvalue weighted by Gasteiger charge is -2.33. The summed E-state index contributed by atoms with van der Waals surface area (Å²) in [6, 6.07) is 0. The van der Waals surface area contributed by atoms with Crippen LogP contribution in [0.4, 0.5) is 0 Å². The minimum absolute atomic E-state index is 0.319. The average Bonchev–Trinajstić information content (AvgIpc) is 3.21. The van der Waals surface area contributed by atoms with Gasteiger partial charge in [-0.2, -0.15) is 0 Å². The van der Waals surface area contributed by atoms with Crippen LogP contribution in [0.25, 0.3) is 0 Å². The molecule has 22 heavy (non-hydrogen) atoms. The van der Waals surface area contributed by atoms with Crippen LogP contribution in [0.2, 0.25) is 0 Å². The molecule has 0 aliphatic heterocycles. The van der Waals surface area contributed by atoms with Crippen molar-refractivity contribution >= 4 is 11.9 Å². The van der Waals surface area contributed by atoms with E-state index in [9.17, 15) is 9.59 Å². The van der Waals surface area contributed by atoms with Crippen LogP contribution in [-0.4, -0.2) is 25.2 Å². The lowest BCUT2D eigenvalue weighted by atomic mass is 9.73. The molecule has 2 bridgehead atoms. The van der Waals surface area contributed by atoms with Gasteiger partial charge in [0.2, 0.25) is 0 Å². The zero-order valence-corrected chi connectivity index (χ0v) is 12.9. The molecule has 3 aliphatic carbocycles. The molecular weight excluding hydrogens is 280 g/mol. The number of carbonyl (C=O) groups is 2. The lowest BCUT2D eigenvalue weighted by Crippen LogP contribution is -2.31. The third-order valence-corrected chi connectivity index (χ3v) is 6.00. The molecule has 0 radical (unpaired) electrons. The highest BCUT2D eigenvalue weighted by molar-refractivity contribution is 5.81. The molecule has 6 atom stereocenters. The first-order valence-corrected chi connectivity index (χ1v) is 8.22. The highest BCUT2D eigenvalue weighted by Gasteiger charge is 2.57. The average molecular weight is 304 g/mol. The fraction of sp³-hybridized carbons (Fsp3) is 0.667. The van der Waals surface area contributed by atoms with Crippen LogP contribution in [0, 0.1) is 35.5 Å². The molecule has 0 spiro atoms. The molecule has 0 N–H and O–H groups in total. The summed E-state index contributed by atoms with van der Waals surface area (Å²) >= 11 is 0. The quantitative estimate of drug-likeness (QED) is 0.559. The van der Waals surface area contributed by atoms with E-state index in [1.807, 2.05) is 0 Å². The fourth-order valence-electron chi connectivity index (χ4n) is 5.30. The van der Waals surface area contributed by atoms with E-state index in [1.165, 1.54) is 25.0 Å². The van der Waals surface area contributed by atoms with Crippen LogP contribution in [0.1, 0.15) is 25.7 Å². The molecule has 3 aliphatic rings. The van der Waals surface area contributed by atoms with Crippen LogP contribution in [-0.2, 0) is 19.1 Å². The Morgan fingerprint density at radius 3 is 2.18 bits per heavy atom. The summed E-state index contributed by atoms with van der Waals surface area (Å²) in [5.74, 6) is 3.16. The third-order valence-electron chi connectivity index (χ3n) is 6.00. The first-order valence-electron chi connectivity index (χ1n) is 8.22. The zero-order valence-electron chi connectivity index (χ0n) is 12.9. The summed E-state index contributed by atoms with van der Waals surface area (Å²) in [5.41, 5.74) is 0.